The van der Waals surface area contributed by atoms with E-state index in [9.17, 15) is 4.79 Å². The second kappa shape index (κ2) is 5.91. The fourth-order valence-electron chi connectivity index (χ4n) is 1.71. The molecule has 0 saturated carbocycles. The van der Waals surface area contributed by atoms with Crippen molar-refractivity contribution in [3.63, 3.8) is 0 Å². The lowest BCUT2D eigenvalue weighted by Crippen LogP contribution is -2.17. The summed E-state index contributed by atoms with van der Waals surface area (Å²) in [5.74, 6) is -0.390. The Morgan fingerprint density at radius 1 is 1.42 bits per heavy atom. The number of carboxylic acids is 1. The third-order valence-corrected chi connectivity index (χ3v) is 3.11. The smallest absolute Gasteiger partial charge is 0.338 e. The van der Waals surface area contributed by atoms with E-state index in [-0.39, 0.29) is 11.6 Å². The van der Waals surface area contributed by atoms with E-state index in [2.05, 4.69) is 5.32 Å². The summed E-state index contributed by atoms with van der Waals surface area (Å²) in [6.45, 7) is 2.49. The SMILES string of the molecule is CC(NCc1cc(C(=O)O)co1)c1ccc(Cl)cc1. The van der Waals surface area contributed by atoms with E-state index in [4.69, 9.17) is 21.1 Å². The largest absolute Gasteiger partial charge is 0.478 e. The van der Waals surface area contributed by atoms with Crippen molar-refractivity contribution in [3.05, 3.63) is 58.5 Å². The van der Waals surface area contributed by atoms with E-state index < -0.39 is 5.97 Å². The lowest BCUT2D eigenvalue weighted by Gasteiger charge is -2.13. The highest BCUT2D eigenvalue weighted by Crippen LogP contribution is 2.17. The highest BCUT2D eigenvalue weighted by atomic mass is 35.5. The Morgan fingerprint density at radius 2 is 2.11 bits per heavy atom. The van der Waals surface area contributed by atoms with Gasteiger partial charge in [-0.15, -0.1) is 0 Å². The summed E-state index contributed by atoms with van der Waals surface area (Å²) in [4.78, 5) is 10.7. The molecular formula is C14H14ClNO3. The Morgan fingerprint density at radius 3 is 2.68 bits per heavy atom. The molecular weight excluding hydrogens is 266 g/mol. The van der Waals surface area contributed by atoms with E-state index in [1.165, 1.54) is 12.3 Å². The zero-order chi connectivity index (χ0) is 13.8. The van der Waals surface area contributed by atoms with Gasteiger partial charge in [-0.1, -0.05) is 23.7 Å². The molecule has 4 nitrogen and oxygen atoms in total. The molecule has 0 fully saturated rings. The van der Waals surface area contributed by atoms with Crippen LogP contribution in [0.2, 0.25) is 5.02 Å². The van der Waals surface area contributed by atoms with Gasteiger partial charge in [0.2, 0.25) is 0 Å². The van der Waals surface area contributed by atoms with Crippen LogP contribution in [0.15, 0.2) is 41.0 Å². The van der Waals surface area contributed by atoms with E-state index >= 15 is 0 Å². The summed E-state index contributed by atoms with van der Waals surface area (Å²) in [7, 11) is 0. The summed E-state index contributed by atoms with van der Waals surface area (Å²) < 4.78 is 5.17. The van der Waals surface area contributed by atoms with Gasteiger partial charge in [0.05, 0.1) is 12.1 Å². The van der Waals surface area contributed by atoms with Crippen molar-refractivity contribution in [1.82, 2.24) is 5.32 Å². The number of carboxylic acid groups (broad SMARTS) is 1. The quantitative estimate of drug-likeness (QED) is 0.879. The Hall–Kier alpha value is -1.78. The van der Waals surface area contributed by atoms with Gasteiger partial charge in [0.1, 0.15) is 12.0 Å². The highest BCUT2D eigenvalue weighted by Gasteiger charge is 2.10. The maximum atomic E-state index is 10.7. The summed E-state index contributed by atoms with van der Waals surface area (Å²) in [6, 6.07) is 9.21. The van der Waals surface area contributed by atoms with Crippen molar-refractivity contribution < 1.29 is 14.3 Å². The zero-order valence-electron chi connectivity index (χ0n) is 10.4. The van der Waals surface area contributed by atoms with E-state index in [1.807, 2.05) is 31.2 Å². The van der Waals surface area contributed by atoms with Gasteiger partial charge >= 0.3 is 5.97 Å². The Balaban J connectivity index is 1.94. The van der Waals surface area contributed by atoms with Crippen molar-refractivity contribution in [2.75, 3.05) is 0 Å². The maximum absolute atomic E-state index is 10.7. The summed E-state index contributed by atoms with van der Waals surface area (Å²) in [6.07, 6.45) is 1.24. The topological polar surface area (TPSA) is 62.5 Å². The molecule has 1 unspecified atom stereocenters. The molecule has 0 aliphatic heterocycles. The van der Waals surface area contributed by atoms with Gasteiger partial charge in [-0.3, -0.25) is 0 Å². The average Bonchev–Trinajstić information content (AvgIpc) is 2.86. The van der Waals surface area contributed by atoms with Crippen molar-refractivity contribution in [3.8, 4) is 0 Å². The number of hydrogen-bond acceptors (Lipinski definition) is 3. The van der Waals surface area contributed by atoms with Crippen LogP contribution in [0, 0.1) is 0 Å². The van der Waals surface area contributed by atoms with Crippen molar-refractivity contribution in [2.24, 2.45) is 0 Å². The van der Waals surface area contributed by atoms with Crippen molar-refractivity contribution in [1.29, 1.82) is 0 Å². The molecule has 0 radical (unpaired) electrons. The number of rotatable bonds is 5. The average molecular weight is 280 g/mol. The molecule has 0 aliphatic rings. The molecule has 100 valence electrons. The molecule has 2 N–H and O–H groups in total. The molecule has 0 amide bonds. The van der Waals surface area contributed by atoms with Gasteiger partial charge in [-0.05, 0) is 30.7 Å². The number of carbonyl (C=O) groups is 1. The molecule has 1 heterocycles. The molecule has 1 aromatic heterocycles. The lowest BCUT2D eigenvalue weighted by atomic mass is 10.1. The molecule has 0 aliphatic carbocycles. The van der Waals surface area contributed by atoms with Gasteiger partial charge < -0.3 is 14.8 Å². The molecule has 0 bridgehead atoms. The Bertz CT molecular complexity index is 562. The zero-order valence-corrected chi connectivity index (χ0v) is 11.1. The molecule has 5 heteroatoms. The fourth-order valence-corrected chi connectivity index (χ4v) is 1.83. The predicted molar refractivity (Wildman–Crippen MR) is 72.4 cm³/mol. The summed E-state index contributed by atoms with van der Waals surface area (Å²) >= 11 is 5.83. The molecule has 1 aromatic carbocycles. The van der Waals surface area contributed by atoms with Crippen LogP contribution in [0.1, 0.15) is 34.6 Å². The first-order chi connectivity index (χ1) is 9.06. The number of furan rings is 1. The van der Waals surface area contributed by atoms with E-state index in [0.717, 1.165) is 5.56 Å². The number of nitrogens with one attached hydrogen (secondary N) is 1. The van der Waals surface area contributed by atoms with Crippen LogP contribution in [0.4, 0.5) is 0 Å². The minimum atomic E-state index is -0.985. The molecule has 19 heavy (non-hydrogen) atoms. The number of halogens is 1. The molecule has 1 atom stereocenters. The van der Waals surface area contributed by atoms with Gasteiger partial charge in [0.25, 0.3) is 0 Å². The first-order valence-corrected chi connectivity index (χ1v) is 6.23. The number of benzene rings is 1. The fraction of sp³-hybridized carbons (Fsp3) is 0.214. The monoisotopic (exact) mass is 279 g/mol. The van der Waals surface area contributed by atoms with Gasteiger partial charge in [0.15, 0.2) is 0 Å². The molecule has 0 spiro atoms. The van der Waals surface area contributed by atoms with Gasteiger partial charge in [-0.25, -0.2) is 4.79 Å². The summed E-state index contributed by atoms with van der Waals surface area (Å²) in [5.41, 5.74) is 1.27. The maximum Gasteiger partial charge on any atom is 0.338 e. The standard InChI is InChI=1S/C14H14ClNO3/c1-9(10-2-4-12(15)5-3-10)16-7-13-6-11(8-19-13)14(17)18/h2-6,8-9,16H,7H2,1H3,(H,17,18). The predicted octanol–water partition coefficient (Wildman–Crippen LogP) is 3.48. The van der Waals surface area contributed by atoms with Crippen LogP contribution < -0.4 is 5.32 Å². The van der Waals surface area contributed by atoms with Crippen molar-refractivity contribution in [2.45, 2.75) is 19.5 Å². The Kier molecular flexibility index (Phi) is 4.24. The molecule has 2 rings (SSSR count). The first-order valence-electron chi connectivity index (χ1n) is 5.86. The minimum absolute atomic E-state index is 0.121. The van der Waals surface area contributed by atoms with Crippen LogP contribution in [-0.2, 0) is 6.54 Å². The normalized spacial score (nSPS) is 12.3. The highest BCUT2D eigenvalue weighted by molar-refractivity contribution is 6.30. The third-order valence-electron chi connectivity index (χ3n) is 2.85. The number of hydrogen-bond donors (Lipinski definition) is 2. The minimum Gasteiger partial charge on any atom is -0.478 e. The lowest BCUT2D eigenvalue weighted by molar-refractivity contribution is 0.0696. The van der Waals surface area contributed by atoms with Gasteiger partial charge in [0, 0.05) is 11.1 Å². The van der Waals surface area contributed by atoms with Crippen LogP contribution in [0.3, 0.4) is 0 Å². The molecule has 0 saturated heterocycles. The first kappa shape index (κ1) is 13.6. The van der Waals surface area contributed by atoms with E-state index in [0.29, 0.717) is 17.3 Å². The van der Waals surface area contributed by atoms with Gasteiger partial charge in [-0.2, -0.15) is 0 Å². The molecule has 2 aromatic rings. The second-order valence-corrected chi connectivity index (χ2v) is 4.70. The second-order valence-electron chi connectivity index (χ2n) is 4.26. The van der Waals surface area contributed by atoms with E-state index in [1.54, 1.807) is 0 Å². The summed E-state index contributed by atoms with van der Waals surface area (Å²) in [5, 5.41) is 12.7. The van der Waals surface area contributed by atoms with Crippen molar-refractivity contribution >= 4 is 17.6 Å². The van der Waals surface area contributed by atoms with Crippen LogP contribution in [0.5, 0.6) is 0 Å². The van der Waals surface area contributed by atoms with Crippen LogP contribution >= 0.6 is 11.6 Å². The van der Waals surface area contributed by atoms with Crippen LogP contribution in [-0.4, -0.2) is 11.1 Å². The number of aromatic carboxylic acids is 1. The van der Waals surface area contributed by atoms with Crippen LogP contribution in [0.25, 0.3) is 0 Å². The third kappa shape index (κ3) is 3.59. The Labute approximate surface area is 116 Å².